The predicted molar refractivity (Wildman–Crippen MR) is 89.2 cm³/mol. The summed E-state index contributed by atoms with van der Waals surface area (Å²) in [7, 11) is 0. The Balaban J connectivity index is 1.54. The number of amides is 1. The molecule has 1 aromatic rings. The number of aromatic carboxylic acids is 1. The van der Waals surface area contributed by atoms with Gasteiger partial charge in [0.25, 0.3) is 0 Å². The highest BCUT2D eigenvalue weighted by Crippen LogP contribution is 2.34. The van der Waals surface area contributed by atoms with Gasteiger partial charge in [0.1, 0.15) is 15.5 Å². The summed E-state index contributed by atoms with van der Waals surface area (Å²) in [6.07, 6.45) is 1.52. The average Bonchev–Trinajstić information content (AvgIpc) is 3.11. The van der Waals surface area contributed by atoms with Crippen molar-refractivity contribution in [2.24, 2.45) is 5.92 Å². The zero-order valence-electron chi connectivity index (χ0n) is 14.2. The molecule has 1 aromatic heterocycles. The molecule has 3 rings (SSSR count). The molecule has 0 saturated carbocycles. The normalized spacial score (nSPS) is 23.5. The number of hydrogen-bond donors (Lipinski definition) is 1. The molecular formula is C16H21N3O5S. The molecule has 2 saturated heterocycles. The molecule has 0 bridgehead atoms. The second-order valence-electron chi connectivity index (χ2n) is 6.86. The second-order valence-corrected chi connectivity index (χ2v) is 7.97. The molecular weight excluding hydrogens is 346 g/mol. The first-order valence-electron chi connectivity index (χ1n) is 8.17. The minimum absolute atomic E-state index is 0.0297. The maximum Gasteiger partial charge on any atom is 0.347 e. The van der Waals surface area contributed by atoms with Gasteiger partial charge in [-0.05, 0) is 13.8 Å². The van der Waals surface area contributed by atoms with Crippen molar-refractivity contribution in [3.8, 4) is 0 Å². The number of ether oxygens (including phenoxy) is 1. The van der Waals surface area contributed by atoms with Gasteiger partial charge in [-0.25, -0.2) is 9.78 Å². The standard InChI is InChI=1S/C16H21N3O5S/c1-16(2)10(7-13(20)24-16)14(21)19-5-3-18(4-6-19)9-12-17-8-11(25-12)15(22)23/h8,10H,3-7,9H2,1-2H3,(H,22,23). The highest BCUT2D eigenvalue weighted by molar-refractivity contribution is 7.13. The van der Waals surface area contributed by atoms with Crippen molar-refractivity contribution in [3.63, 3.8) is 0 Å². The van der Waals surface area contributed by atoms with E-state index in [0.717, 1.165) is 5.01 Å². The van der Waals surface area contributed by atoms with Gasteiger partial charge in [-0.15, -0.1) is 11.3 Å². The SMILES string of the molecule is CC1(C)OC(=O)CC1C(=O)N1CCN(Cc2ncc(C(=O)O)s2)CC1. The molecule has 9 heteroatoms. The molecule has 1 amide bonds. The van der Waals surface area contributed by atoms with Crippen LogP contribution in [-0.2, 0) is 20.9 Å². The van der Waals surface area contributed by atoms with Crippen LogP contribution in [0.15, 0.2) is 6.20 Å². The molecule has 0 aliphatic carbocycles. The van der Waals surface area contributed by atoms with Gasteiger partial charge in [-0.3, -0.25) is 14.5 Å². The Morgan fingerprint density at radius 3 is 2.56 bits per heavy atom. The lowest BCUT2D eigenvalue weighted by Gasteiger charge is -2.37. The van der Waals surface area contributed by atoms with Gasteiger partial charge in [-0.2, -0.15) is 0 Å². The van der Waals surface area contributed by atoms with Gasteiger partial charge in [0.15, 0.2) is 0 Å². The van der Waals surface area contributed by atoms with Crippen LogP contribution in [0.3, 0.4) is 0 Å². The fourth-order valence-electron chi connectivity index (χ4n) is 3.22. The van der Waals surface area contributed by atoms with E-state index in [1.54, 1.807) is 18.7 Å². The Morgan fingerprint density at radius 2 is 2.04 bits per heavy atom. The third-order valence-corrected chi connectivity index (χ3v) is 5.66. The zero-order valence-corrected chi connectivity index (χ0v) is 15.0. The Bertz CT molecular complexity index is 694. The average molecular weight is 367 g/mol. The maximum atomic E-state index is 12.7. The lowest BCUT2D eigenvalue weighted by Crippen LogP contribution is -2.52. The number of thiazole rings is 1. The number of aromatic nitrogens is 1. The van der Waals surface area contributed by atoms with Crippen molar-refractivity contribution in [3.05, 3.63) is 16.1 Å². The number of carbonyl (C=O) groups is 3. The molecule has 2 fully saturated rings. The van der Waals surface area contributed by atoms with Crippen molar-refractivity contribution >= 4 is 29.2 Å². The number of carboxylic acid groups (broad SMARTS) is 1. The van der Waals surface area contributed by atoms with E-state index < -0.39 is 17.5 Å². The van der Waals surface area contributed by atoms with Crippen molar-refractivity contribution < 1.29 is 24.2 Å². The number of cyclic esters (lactones) is 1. The summed E-state index contributed by atoms with van der Waals surface area (Å²) in [5.41, 5.74) is -0.751. The van der Waals surface area contributed by atoms with Gasteiger partial charge in [0.2, 0.25) is 5.91 Å². The number of carboxylic acids is 1. The fraction of sp³-hybridized carbons (Fsp3) is 0.625. The minimum atomic E-state index is -0.963. The summed E-state index contributed by atoms with van der Waals surface area (Å²) in [6.45, 7) is 6.67. The van der Waals surface area contributed by atoms with E-state index in [1.807, 2.05) is 0 Å². The highest BCUT2D eigenvalue weighted by atomic mass is 32.1. The highest BCUT2D eigenvalue weighted by Gasteiger charge is 2.47. The van der Waals surface area contributed by atoms with Crippen LogP contribution in [0.5, 0.6) is 0 Å². The predicted octanol–water partition coefficient (Wildman–Crippen LogP) is 0.827. The second kappa shape index (κ2) is 6.72. The van der Waals surface area contributed by atoms with Gasteiger partial charge in [0.05, 0.1) is 25.1 Å². The third-order valence-electron chi connectivity index (χ3n) is 4.69. The largest absolute Gasteiger partial charge is 0.477 e. The van der Waals surface area contributed by atoms with Gasteiger partial charge >= 0.3 is 11.9 Å². The van der Waals surface area contributed by atoms with Gasteiger partial charge in [-0.1, -0.05) is 0 Å². The van der Waals surface area contributed by atoms with Crippen molar-refractivity contribution in [2.75, 3.05) is 26.2 Å². The van der Waals surface area contributed by atoms with Gasteiger partial charge in [0, 0.05) is 26.2 Å². The molecule has 25 heavy (non-hydrogen) atoms. The van der Waals surface area contributed by atoms with E-state index >= 15 is 0 Å². The fourth-order valence-corrected chi connectivity index (χ4v) is 4.02. The zero-order chi connectivity index (χ0) is 18.2. The Morgan fingerprint density at radius 1 is 1.36 bits per heavy atom. The third kappa shape index (κ3) is 3.82. The summed E-state index contributed by atoms with van der Waals surface area (Å²) in [5.74, 6) is -1.74. The maximum absolute atomic E-state index is 12.7. The van der Waals surface area contributed by atoms with E-state index in [0.29, 0.717) is 32.7 Å². The number of piperazine rings is 1. The molecule has 8 nitrogen and oxygen atoms in total. The number of hydrogen-bond acceptors (Lipinski definition) is 7. The molecule has 0 spiro atoms. The monoisotopic (exact) mass is 367 g/mol. The van der Waals surface area contributed by atoms with Crippen molar-refractivity contribution in [1.29, 1.82) is 0 Å². The molecule has 2 aliphatic heterocycles. The van der Waals surface area contributed by atoms with Crippen molar-refractivity contribution in [1.82, 2.24) is 14.8 Å². The van der Waals surface area contributed by atoms with E-state index in [1.165, 1.54) is 17.5 Å². The summed E-state index contributed by atoms with van der Waals surface area (Å²) < 4.78 is 5.24. The lowest BCUT2D eigenvalue weighted by molar-refractivity contribution is -0.149. The van der Waals surface area contributed by atoms with Crippen LogP contribution in [0.4, 0.5) is 0 Å². The molecule has 1 N–H and O–H groups in total. The van der Waals surface area contributed by atoms with Crippen LogP contribution in [0, 0.1) is 5.92 Å². The summed E-state index contributed by atoms with van der Waals surface area (Å²) >= 11 is 1.18. The summed E-state index contributed by atoms with van der Waals surface area (Å²) in [5, 5.41) is 9.70. The number of carbonyl (C=O) groups excluding carboxylic acids is 2. The van der Waals surface area contributed by atoms with Crippen LogP contribution < -0.4 is 0 Å². The van der Waals surface area contributed by atoms with Crippen LogP contribution in [-0.4, -0.2) is 69.5 Å². The van der Waals surface area contributed by atoms with E-state index in [-0.39, 0.29) is 23.2 Å². The topological polar surface area (TPSA) is 100 Å². The molecule has 0 radical (unpaired) electrons. The lowest BCUT2D eigenvalue weighted by atomic mass is 9.89. The first kappa shape index (κ1) is 17.8. The minimum Gasteiger partial charge on any atom is -0.477 e. The van der Waals surface area contributed by atoms with Crippen molar-refractivity contribution in [2.45, 2.75) is 32.4 Å². The quantitative estimate of drug-likeness (QED) is 0.787. The molecule has 1 unspecified atom stereocenters. The smallest absolute Gasteiger partial charge is 0.347 e. The van der Waals surface area contributed by atoms with E-state index in [4.69, 9.17) is 9.84 Å². The molecule has 1 atom stereocenters. The number of rotatable bonds is 4. The first-order chi connectivity index (χ1) is 11.8. The molecule has 136 valence electrons. The first-order valence-corrected chi connectivity index (χ1v) is 8.99. The van der Waals surface area contributed by atoms with Crippen LogP contribution in [0.2, 0.25) is 0 Å². The van der Waals surface area contributed by atoms with Crippen LogP contribution in [0.1, 0.15) is 34.9 Å². The Labute approximate surface area is 149 Å². The molecule has 2 aliphatic rings. The van der Waals surface area contributed by atoms with E-state index in [9.17, 15) is 14.4 Å². The number of esters is 1. The van der Waals surface area contributed by atoms with Gasteiger partial charge < -0.3 is 14.7 Å². The Kier molecular flexibility index (Phi) is 4.79. The number of nitrogens with zero attached hydrogens (tertiary/aromatic N) is 3. The summed E-state index contributed by atoms with van der Waals surface area (Å²) in [6, 6.07) is 0. The Hall–Kier alpha value is -2.00. The van der Waals surface area contributed by atoms with Crippen LogP contribution in [0.25, 0.3) is 0 Å². The van der Waals surface area contributed by atoms with E-state index in [2.05, 4.69) is 9.88 Å². The molecule has 0 aromatic carbocycles. The summed E-state index contributed by atoms with van der Waals surface area (Å²) in [4.78, 5) is 43.4. The molecule has 3 heterocycles. The van der Waals surface area contributed by atoms with Crippen LogP contribution >= 0.6 is 11.3 Å².